The van der Waals surface area contributed by atoms with Crippen LogP contribution in [0.2, 0.25) is 0 Å². The maximum absolute atomic E-state index is 14.4. The van der Waals surface area contributed by atoms with Crippen LogP contribution in [-0.4, -0.2) is 16.6 Å². The van der Waals surface area contributed by atoms with E-state index in [0.29, 0.717) is 23.7 Å². The molecule has 6 heteroatoms. The first-order chi connectivity index (χ1) is 13.4. The quantitative estimate of drug-likeness (QED) is 0.569. The molecule has 4 nitrogen and oxygen atoms in total. The lowest BCUT2D eigenvalue weighted by Crippen LogP contribution is -2.10. The maximum atomic E-state index is 14.4. The molecule has 2 aromatic heterocycles. The maximum Gasteiger partial charge on any atom is 0.231 e. The predicted octanol–water partition coefficient (Wildman–Crippen LogP) is 5.47. The third-order valence-corrected chi connectivity index (χ3v) is 4.25. The zero-order chi connectivity index (χ0) is 20.3. The zero-order valence-electron chi connectivity index (χ0n) is 16.0. The van der Waals surface area contributed by atoms with Gasteiger partial charge in [-0.05, 0) is 30.0 Å². The molecule has 0 atom stereocenters. The van der Waals surface area contributed by atoms with Crippen molar-refractivity contribution in [2.45, 2.75) is 27.2 Å². The van der Waals surface area contributed by atoms with Crippen LogP contribution in [-0.2, 0) is 0 Å². The zero-order valence-corrected chi connectivity index (χ0v) is 16.0. The summed E-state index contributed by atoms with van der Waals surface area (Å²) in [7, 11) is 0. The largest absolute Gasteiger partial charge is 0.476 e. The molecule has 0 aliphatic carbocycles. The number of halogens is 2. The molecule has 0 saturated carbocycles. The number of nitrogens with zero attached hydrogens (tertiary/aromatic N) is 3. The van der Waals surface area contributed by atoms with Crippen LogP contribution >= 0.6 is 0 Å². The highest BCUT2D eigenvalue weighted by Crippen LogP contribution is 2.32. The van der Waals surface area contributed by atoms with Crippen molar-refractivity contribution >= 4 is 10.9 Å². The molecule has 3 aromatic rings. The van der Waals surface area contributed by atoms with Crippen molar-refractivity contribution in [2.24, 2.45) is 5.92 Å². The average Bonchev–Trinajstić information content (AvgIpc) is 2.65. The summed E-state index contributed by atoms with van der Waals surface area (Å²) in [5.74, 6) is 0.514. The smallest absolute Gasteiger partial charge is 0.231 e. The van der Waals surface area contributed by atoms with Crippen molar-refractivity contribution in [1.82, 2.24) is 9.97 Å². The van der Waals surface area contributed by atoms with Crippen LogP contribution in [0.5, 0.6) is 5.88 Å². The van der Waals surface area contributed by atoms with Gasteiger partial charge in [0.25, 0.3) is 0 Å². The van der Waals surface area contributed by atoms with E-state index in [0.717, 1.165) is 18.4 Å². The lowest BCUT2D eigenvalue weighted by atomic mass is 10.00. The second-order valence-electron chi connectivity index (χ2n) is 7.17. The van der Waals surface area contributed by atoms with Gasteiger partial charge in [0.1, 0.15) is 23.3 Å². The van der Waals surface area contributed by atoms with Gasteiger partial charge in [0.15, 0.2) is 0 Å². The Hall–Kier alpha value is -3.07. The van der Waals surface area contributed by atoms with E-state index in [-0.39, 0.29) is 22.3 Å². The van der Waals surface area contributed by atoms with Gasteiger partial charge < -0.3 is 4.74 Å². The molecule has 0 bridgehead atoms. The minimum absolute atomic E-state index is 0.185. The third-order valence-electron chi connectivity index (χ3n) is 4.25. The standard InChI is InChI=1S/C22H20F2N3O/c1-13(2)6-14(3)12-28-22-15(10-25)7-16(11-27-22)18-4-5-26-20-9-17(23)8-19(24)21(18)20/h4-5,7-9,11,13H,6,12H2,1-3H3. The first-order valence-electron chi connectivity index (χ1n) is 8.97. The van der Waals surface area contributed by atoms with Crippen LogP contribution in [0.4, 0.5) is 8.78 Å². The number of aromatic nitrogens is 2. The molecular formula is C22H20F2N3O. The first-order valence-corrected chi connectivity index (χ1v) is 8.97. The number of nitriles is 1. The summed E-state index contributed by atoms with van der Waals surface area (Å²) in [6.45, 7) is 6.64. The molecule has 0 N–H and O–H groups in total. The molecule has 0 aliphatic rings. The van der Waals surface area contributed by atoms with E-state index in [1.807, 2.05) is 6.92 Å². The van der Waals surface area contributed by atoms with E-state index in [4.69, 9.17) is 4.74 Å². The second kappa shape index (κ2) is 8.30. The van der Waals surface area contributed by atoms with E-state index < -0.39 is 11.6 Å². The van der Waals surface area contributed by atoms with Crippen LogP contribution in [0, 0.1) is 34.8 Å². The highest BCUT2D eigenvalue weighted by molar-refractivity contribution is 5.94. The molecule has 0 amide bonds. The highest BCUT2D eigenvalue weighted by Gasteiger charge is 2.15. The summed E-state index contributed by atoms with van der Waals surface area (Å²) >= 11 is 0. The SMILES string of the molecule is C[C](COc1ncc(-c2ccnc3cc(F)cc(F)c23)cc1C#N)CC(C)C. The van der Waals surface area contributed by atoms with Crippen LogP contribution < -0.4 is 4.74 Å². The molecule has 1 radical (unpaired) electrons. The van der Waals surface area contributed by atoms with E-state index >= 15 is 0 Å². The Morgan fingerprint density at radius 2 is 2.00 bits per heavy atom. The topological polar surface area (TPSA) is 58.8 Å². The summed E-state index contributed by atoms with van der Waals surface area (Å²) in [5, 5.41) is 9.68. The van der Waals surface area contributed by atoms with Gasteiger partial charge in [-0.1, -0.05) is 20.8 Å². The molecule has 1 aromatic carbocycles. The van der Waals surface area contributed by atoms with Crippen molar-refractivity contribution < 1.29 is 13.5 Å². The van der Waals surface area contributed by atoms with Gasteiger partial charge in [-0.3, -0.25) is 4.98 Å². The van der Waals surface area contributed by atoms with Crippen molar-refractivity contribution in [2.75, 3.05) is 6.61 Å². The average molecular weight is 380 g/mol. The van der Waals surface area contributed by atoms with E-state index in [1.54, 1.807) is 12.1 Å². The minimum atomic E-state index is -0.712. The minimum Gasteiger partial charge on any atom is -0.476 e. The van der Waals surface area contributed by atoms with Gasteiger partial charge in [-0.2, -0.15) is 5.26 Å². The van der Waals surface area contributed by atoms with Gasteiger partial charge in [-0.15, -0.1) is 0 Å². The molecule has 0 saturated heterocycles. The Morgan fingerprint density at radius 1 is 1.21 bits per heavy atom. The Balaban J connectivity index is 1.95. The lowest BCUT2D eigenvalue weighted by Gasteiger charge is -2.15. The van der Waals surface area contributed by atoms with Crippen LogP contribution in [0.15, 0.2) is 36.7 Å². The van der Waals surface area contributed by atoms with Gasteiger partial charge in [0.05, 0.1) is 12.1 Å². The number of hydrogen-bond acceptors (Lipinski definition) is 4. The highest BCUT2D eigenvalue weighted by atomic mass is 19.1. The number of rotatable bonds is 6. The predicted molar refractivity (Wildman–Crippen MR) is 103 cm³/mol. The van der Waals surface area contributed by atoms with E-state index in [1.165, 1.54) is 18.5 Å². The molecule has 2 heterocycles. The van der Waals surface area contributed by atoms with Crippen molar-refractivity contribution in [1.29, 1.82) is 5.26 Å². The van der Waals surface area contributed by atoms with Crippen molar-refractivity contribution in [3.05, 3.63) is 59.8 Å². The Kier molecular flexibility index (Phi) is 5.84. The van der Waals surface area contributed by atoms with Gasteiger partial charge in [0, 0.05) is 41.4 Å². The van der Waals surface area contributed by atoms with E-state index in [9.17, 15) is 14.0 Å². The summed E-state index contributed by atoms with van der Waals surface area (Å²) < 4.78 is 33.6. The fourth-order valence-corrected chi connectivity index (χ4v) is 3.19. The van der Waals surface area contributed by atoms with Crippen molar-refractivity contribution in [3.8, 4) is 23.1 Å². The molecule has 143 valence electrons. The summed E-state index contributed by atoms with van der Waals surface area (Å²) in [6, 6.07) is 7.27. The second-order valence-corrected chi connectivity index (χ2v) is 7.17. The van der Waals surface area contributed by atoms with Crippen LogP contribution in [0.3, 0.4) is 0 Å². The number of benzene rings is 1. The summed E-state index contributed by atoms with van der Waals surface area (Å²) in [5.41, 5.74) is 1.47. The summed E-state index contributed by atoms with van der Waals surface area (Å²) in [4.78, 5) is 8.28. The number of ether oxygens (including phenoxy) is 1. The van der Waals surface area contributed by atoms with Crippen LogP contribution in [0.25, 0.3) is 22.0 Å². The Morgan fingerprint density at radius 3 is 2.71 bits per heavy atom. The van der Waals surface area contributed by atoms with Gasteiger partial charge in [0.2, 0.25) is 5.88 Å². The molecule has 3 rings (SSSR count). The van der Waals surface area contributed by atoms with Crippen LogP contribution in [0.1, 0.15) is 32.8 Å². The fraction of sp³-hybridized carbons (Fsp3) is 0.273. The molecule has 0 aliphatic heterocycles. The number of hydrogen-bond donors (Lipinski definition) is 0. The molecule has 0 fully saturated rings. The molecule has 0 unspecified atom stereocenters. The van der Waals surface area contributed by atoms with Gasteiger partial charge >= 0.3 is 0 Å². The Labute approximate surface area is 162 Å². The van der Waals surface area contributed by atoms with E-state index in [2.05, 4.69) is 29.9 Å². The molecule has 0 spiro atoms. The normalized spacial score (nSPS) is 11.2. The summed E-state index contributed by atoms with van der Waals surface area (Å²) in [6.07, 6.45) is 3.92. The number of fused-ring (bicyclic) bond motifs is 1. The fourth-order valence-electron chi connectivity index (χ4n) is 3.19. The monoisotopic (exact) mass is 380 g/mol. The number of pyridine rings is 2. The Bertz CT molecular complexity index is 1040. The van der Waals surface area contributed by atoms with Gasteiger partial charge in [-0.25, -0.2) is 13.8 Å². The third kappa shape index (κ3) is 4.25. The lowest BCUT2D eigenvalue weighted by molar-refractivity contribution is 0.305. The molecular weight excluding hydrogens is 360 g/mol. The first kappa shape index (κ1) is 19.7. The van der Waals surface area contributed by atoms with Crippen molar-refractivity contribution in [3.63, 3.8) is 0 Å². The molecule has 28 heavy (non-hydrogen) atoms.